The molecule has 0 saturated carbocycles. The average molecular weight is 237 g/mol. The van der Waals surface area contributed by atoms with Gasteiger partial charge in [-0.2, -0.15) is 0 Å². The van der Waals surface area contributed by atoms with Crippen LogP contribution in [0.1, 0.15) is 41.0 Å². The van der Waals surface area contributed by atoms with Crippen molar-refractivity contribution >= 4 is 6.21 Å². The molecule has 0 saturated heterocycles. The summed E-state index contributed by atoms with van der Waals surface area (Å²) in [5.41, 5.74) is 1.08. The SMILES string of the molecule is C=C/C=C(\C=NCC)C(C)(C)CC(C)(C)OC. The van der Waals surface area contributed by atoms with Crippen molar-refractivity contribution in [3.63, 3.8) is 0 Å². The summed E-state index contributed by atoms with van der Waals surface area (Å²) in [4.78, 5) is 4.33. The molecule has 17 heavy (non-hydrogen) atoms. The fraction of sp³-hybridized carbons (Fsp3) is 0.667. The molecule has 0 radical (unpaired) electrons. The Labute approximate surface area is 106 Å². The third-order valence-electron chi connectivity index (χ3n) is 2.91. The van der Waals surface area contributed by atoms with Gasteiger partial charge in [0.1, 0.15) is 0 Å². The van der Waals surface area contributed by atoms with E-state index in [4.69, 9.17) is 4.74 Å². The lowest BCUT2D eigenvalue weighted by Gasteiger charge is -2.34. The molecule has 0 amide bonds. The first-order valence-electron chi connectivity index (χ1n) is 6.17. The summed E-state index contributed by atoms with van der Waals surface area (Å²) >= 11 is 0. The lowest BCUT2D eigenvalue weighted by atomic mass is 9.76. The van der Waals surface area contributed by atoms with Gasteiger partial charge in [-0.15, -0.1) is 0 Å². The summed E-state index contributed by atoms with van der Waals surface area (Å²) in [5, 5.41) is 0. The molecule has 0 aromatic heterocycles. The van der Waals surface area contributed by atoms with Crippen LogP contribution in [0.4, 0.5) is 0 Å². The van der Waals surface area contributed by atoms with Crippen LogP contribution in [0, 0.1) is 5.41 Å². The lowest BCUT2D eigenvalue weighted by Crippen LogP contribution is -2.32. The van der Waals surface area contributed by atoms with Gasteiger partial charge in [0.05, 0.1) is 5.60 Å². The number of methoxy groups -OCH3 is 1. The molecule has 2 nitrogen and oxygen atoms in total. The van der Waals surface area contributed by atoms with Crippen molar-refractivity contribution in [2.45, 2.75) is 46.6 Å². The van der Waals surface area contributed by atoms with Crippen LogP contribution < -0.4 is 0 Å². The number of ether oxygens (including phenoxy) is 1. The Morgan fingerprint density at radius 1 is 1.29 bits per heavy atom. The molecular weight excluding hydrogens is 210 g/mol. The van der Waals surface area contributed by atoms with E-state index in [1.807, 2.05) is 25.3 Å². The number of hydrogen-bond donors (Lipinski definition) is 0. The first kappa shape index (κ1) is 16.1. The fourth-order valence-electron chi connectivity index (χ4n) is 2.00. The number of hydrogen-bond acceptors (Lipinski definition) is 2. The maximum Gasteiger partial charge on any atom is 0.0631 e. The average Bonchev–Trinajstić information content (AvgIpc) is 2.22. The molecule has 0 spiro atoms. The highest BCUT2D eigenvalue weighted by atomic mass is 16.5. The molecule has 0 bridgehead atoms. The Morgan fingerprint density at radius 2 is 1.88 bits per heavy atom. The van der Waals surface area contributed by atoms with Crippen LogP contribution in [0.3, 0.4) is 0 Å². The number of nitrogens with zero attached hydrogens (tertiary/aromatic N) is 1. The molecule has 0 aromatic carbocycles. The zero-order chi connectivity index (χ0) is 13.5. The molecule has 0 atom stereocenters. The molecule has 0 aliphatic heterocycles. The topological polar surface area (TPSA) is 21.6 Å². The second-order valence-electron chi connectivity index (χ2n) is 5.51. The van der Waals surface area contributed by atoms with Gasteiger partial charge in [-0.1, -0.05) is 32.6 Å². The van der Waals surface area contributed by atoms with Crippen LogP contribution in [-0.2, 0) is 4.74 Å². The molecule has 0 aliphatic carbocycles. The summed E-state index contributed by atoms with van der Waals surface area (Å²) < 4.78 is 5.51. The summed E-state index contributed by atoms with van der Waals surface area (Å²) in [5.74, 6) is 0. The second kappa shape index (κ2) is 6.75. The molecule has 0 fully saturated rings. The van der Waals surface area contributed by atoms with Crippen molar-refractivity contribution in [2.24, 2.45) is 10.4 Å². The van der Waals surface area contributed by atoms with Crippen LogP contribution in [0.15, 0.2) is 29.3 Å². The zero-order valence-corrected chi connectivity index (χ0v) is 12.2. The molecule has 98 valence electrons. The van der Waals surface area contributed by atoms with Gasteiger partial charge >= 0.3 is 0 Å². The third-order valence-corrected chi connectivity index (χ3v) is 2.91. The number of aliphatic imine (C=N–C) groups is 1. The molecule has 0 unspecified atom stereocenters. The number of rotatable bonds is 7. The van der Waals surface area contributed by atoms with Crippen molar-refractivity contribution in [1.29, 1.82) is 0 Å². The Kier molecular flexibility index (Phi) is 6.40. The maximum atomic E-state index is 5.51. The summed E-state index contributed by atoms with van der Waals surface area (Å²) in [6.07, 6.45) is 6.74. The zero-order valence-electron chi connectivity index (χ0n) is 12.2. The highest BCUT2D eigenvalue weighted by Gasteiger charge is 2.30. The van der Waals surface area contributed by atoms with E-state index in [2.05, 4.69) is 39.3 Å². The Morgan fingerprint density at radius 3 is 2.29 bits per heavy atom. The van der Waals surface area contributed by atoms with Crippen molar-refractivity contribution in [3.8, 4) is 0 Å². The summed E-state index contributed by atoms with van der Waals surface area (Å²) in [6, 6.07) is 0. The third kappa shape index (κ3) is 5.83. The minimum absolute atomic E-state index is 0.0202. The molecular formula is C15H27NO. The molecule has 2 heteroatoms. The Hall–Kier alpha value is -0.890. The predicted octanol–water partition coefficient (Wildman–Crippen LogP) is 4.03. The van der Waals surface area contributed by atoms with E-state index < -0.39 is 0 Å². The van der Waals surface area contributed by atoms with Gasteiger partial charge in [0.25, 0.3) is 0 Å². The molecule has 0 aromatic rings. The Bertz CT molecular complexity index is 298. The van der Waals surface area contributed by atoms with Crippen LogP contribution >= 0.6 is 0 Å². The van der Waals surface area contributed by atoms with Gasteiger partial charge in [-0.05, 0) is 38.2 Å². The number of allylic oxidation sites excluding steroid dienone is 3. The van der Waals surface area contributed by atoms with Crippen molar-refractivity contribution in [3.05, 3.63) is 24.3 Å². The van der Waals surface area contributed by atoms with E-state index in [-0.39, 0.29) is 11.0 Å². The van der Waals surface area contributed by atoms with Gasteiger partial charge in [0, 0.05) is 19.9 Å². The summed E-state index contributed by atoms with van der Waals surface area (Å²) in [7, 11) is 1.76. The molecule has 0 aliphatic rings. The van der Waals surface area contributed by atoms with E-state index in [1.54, 1.807) is 7.11 Å². The minimum Gasteiger partial charge on any atom is -0.379 e. The minimum atomic E-state index is -0.135. The van der Waals surface area contributed by atoms with E-state index in [1.165, 1.54) is 5.57 Å². The van der Waals surface area contributed by atoms with Gasteiger partial charge in [-0.25, -0.2) is 0 Å². The quantitative estimate of drug-likeness (QED) is 0.484. The maximum absolute atomic E-state index is 5.51. The van der Waals surface area contributed by atoms with E-state index in [9.17, 15) is 0 Å². The lowest BCUT2D eigenvalue weighted by molar-refractivity contribution is -0.00538. The standard InChI is InChI=1S/C15H27NO/c1-8-10-13(11-16-9-2)14(3,4)12-15(5,6)17-7/h8,10-11H,1,9,12H2,2-7H3/b13-10+,16-11?. The van der Waals surface area contributed by atoms with Gasteiger partial charge in [-0.3, -0.25) is 4.99 Å². The van der Waals surface area contributed by atoms with Crippen molar-refractivity contribution < 1.29 is 4.74 Å². The van der Waals surface area contributed by atoms with E-state index >= 15 is 0 Å². The smallest absolute Gasteiger partial charge is 0.0631 e. The first-order valence-corrected chi connectivity index (χ1v) is 6.17. The van der Waals surface area contributed by atoms with Gasteiger partial charge in [0.15, 0.2) is 0 Å². The fourth-order valence-corrected chi connectivity index (χ4v) is 2.00. The molecule has 0 N–H and O–H groups in total. The van der Waals surface area contributed by atoms with Crippen molar-refractivity contribution in [2.75, 3.05) is 13.7 Å². The highest BCUT2D eigenvalue weighted by Crippen LogP contribution is 2.35. The van der Waals surface area contributed by atoms with Crippen LogP contribution in [0.25, 0.3) is 0 Å². The van der Waals surface area contributed by atoms with Crippen molar-refractivity contribution in [1.82, 2.24) is 0 Å². The van der Waals surface area contributed by atoms with Crippen LogP contribution in [0.5, 0.6) is 0 Å². The predicted molar refractivity (Wildman–Crippen MR) is 76.8 cm³/mol. The van der Waals surface area contributed by atoms with Crippen LogP contribution in [0.2, 0.25) is 0 Å². The first-order chi connectivity index (χ1) is 7.79. The molecule has 0 heterocycles. The second-order valence-corrected chi connectivity index (χ2v) is 5.51. The van der Waals surface area contributed by atoms with Gasteiger partial charge < -0.3 is 4.74 Å². The molecule has 0 rings (SSSR count). The van der Waals surface area contributed by atoms with Gasteiger partial charge in [0.2, 0.25) is 0 Å². The monoisotopic (exact) mass is 237 g/mol. The van der Waals surface area contributed by atoms with E-state index in [0.29, 0.717) is 0 Å². The van der Waals surface area contributed by atoms with Crippen LogP contribution in [-0.4, -0.2) is 25.5 Å². The largest absolute Gasteiger partial charge is 0.379 e. The summed E-state index contributed by atoms with van der Waals surface area (Å²) in [6.45, 7) is 15.3. The normalized spacial score (nSPS) is 14.4. The van der Waals surface area contributed by atoms with E-state index in [0.717, 1.165) is 13.0 Å². The highest BCUT2D eigenvalue weighted by molar-refractivity contribution is 5.80. The Balaban J connectivity index is 5.03.